The van der Waals surface area contributed by atoms with Crippen molar-refractivity contribution in [3.05, 3.63) is 29.8 Å². The highest BCUT2D eigenvalue weighted by Gasteiger charge is 2.23. The van der Waals surface area contributed by atoms with E-state index in [1.54, 1.807) is 7.11 Å². The second kappa shape index (κ2) is 7.14. The molecule has 4 N–H and O–H groups in total. The zero-order valence-electron chi connectivity index (χ0n) is 12.7. The number of nitrogens with zero attached hydrogens (tertiary/aromatic N) is 1. The van der Waals surface area contributed by atoms with Crippen LogP contribution >= 0.6 is 0 Å². The predicted molar refractivity (Wildman–Crippen MR) is 81.2 cm³/mol. The molecule has 0 amide bonds. The van der Waals surface area contributed by atoms with Crippen LogP contribution in [0.15, 0.2) is 29.4 Å². The van der Waals surface area contributed by atoms with Gasteiger partial charge in [0.1, 0.15) is 11.6 Å². The molecule has 0 fully saturated rings. The summed E-state index contributed by atoms with van der Waals surface area (Å²) < 4.78 is 5.14. The topological polar surface area (TPSA) is 79.9 Å². The van der Waals surface area contributed by atoms with Crippen molar-refractivity contribution in [3.8, 4) is 5.75 Å². The minimum Gasteiger partial charge on any atom is -0.497 e. The van der Waals surface area contributed by atoms with Gasteiger partial charge < -0.3 is 21.0 Å². The minimum atomic E-state index is -0.318. The highest BCUT2D eigenvalue weighted by Crippen LogP contribution is 2.21. The monoisotopic (exact) mass is 279 g/mol. The molecule has 0 aliphatic heterocycles. The largest absolute Gasteiger partial charge is 0.497 e. The Labute approximate surface area is 120 Å². The fourth-order valence-electron chi connectivity index (χ4n) is 1.88. The zero-order valence-corrected chi connectivity index (χ0v) is 12.7. The number of hydrogen-bond acceptors (Lipinski definition) is 4. The third-order valence-electron chi connectivity index (χ3n) is 3.62. The van der Waals surface area contributed by atoms with Crippen LogP contribution in [0.2, 0.25) is 0 Å². The molecule has 5 nitrogen and oxygen atoms in total. The predicted octanol–water partition coefficient (Wildman–Crippen LogP) is 2.51. The Morgan fingerprint density at radius 3 is 2.50 bits per heavy atom. The molecule has 0 radical (unpaired) electrons. The number of oxime groups is 1. The summed E-state index contributed by atoms with van der Waals surface area (Å²) in [6.45, 7) is 6.82. The van der Waals surface area contributed by atoms with Crippen LogP contribution in [0.1, 0.15) is 38.8 Å². The smallest absolute Gasteiger partial charge is 0.144 e. The average molecular weight is 279 g/mol. The maximum absolute atomic E-state index is 8.74. The molecule has 1 atom stereocenters. The number of rotatable bonds is 7. The molecule has 0 aliphatic rings. The van der Waals surface area contributed by atoms with Gasteiger partial charge in [0.2, 0.25) is 0 Å². The second-order valence-electron chi connectivity index (χ2n) is 5.57. The SMILES string of the molecule is COc1ccc(C(C)NCCC(C)(C)C(N)=NO)cc1. The number of amidine groups is 1. The fourth-order valence-corrected chi connectivity index (χ4v) is 1.88. The van der Waals surface area contributed by atoms with Crippen LogP contribution in [0.4, 0.5) is 0 Å². The first-order valence-corrected chi connectivity index (χ1v) is 6.76. The van der Waals surface area contributed by atoms with Gasteiger partial charge in [-0.15, -0.1) is 0 Å². The molecule has 0 spiro atoms. The molecule has 0 heterocycles. The lowest BCUT2D eigenvalue weighted by atomic mass is 9.88. The Morgan fingerprint density at radius 2 is 2.00 bits per heavy atom. The van der Waals surface area contributed by atoms with Crippen LogP contribution in [-0.4, -0.2) is 24.7 Å². The molecule has 0 saturated carbocycles. The van der Waals surface area contributed by atoms with Crippen LogP contribution in [0, 0.1) is 5.41 Å². The van der Waals surface area contributed by atoms with Crippen molar-refractivity contribution in [2.75, 3.05) is 13.7 Å². The third kappa shape index (κ3) is 4.42. The lowest BCUT2D eigenvalue weighted by Gasteiger charge is -2.24. The first-order chi connectivity index (χ1) is 9.40. The molecule has 1 aromatic rings. The van der Waals surface area contributed by atoms with Gasteiger partial charge in [-0.3, -0.25) is 0 Å². The Bertz CT molecular complexity index is 441. The van der Waals surface area contributed by atoms with Gasteiger partial charge in [-0.05, 0) is 37.6 Å². The van der Waals surface area contributed by atoms with E-state index in [-0.39, 0.29) is 17.3 Å². The highest BCUT2D eigenvalue weighted by atomic mass is 16.5. The molecule has 20 heavy (non-hydrogen) atoms. The van der Waals surface area contributed by atoms with Crippen molar-refractivity contribution < 1.29 is 9.94 Å². The van der Waals surface area contributed by atoms with E-state index in [1.807, 2.05) is 38.1 Å². The van der Waals surface area contributed by atoms with Gasteiger partial charge in [-0.25, -0.2) is 0 Å². The third-order valence-corrected chi connectivity index (χ3v) is 3.62. The number of hydrogen-bond donors (Lipinski definition) is 3. The molecule has 1 unspecified atom stereocenters. The molecule has 0 saturated heterocycles. The van der Waals surface area contributed by atoms with E-state index < -0.39 is 0 Å². The number of nitrogens with two attached hydrogens (primary N) is 1. The van der Waals surface area contributed by atoms with Crippen molar-refractivity contribution in [2.24, 2.45) is 16.3 Å². The van der Waals surface area contributed by atoms with E-state index in [4.69, 9.17) is 15.7 Å². The molecule has 1 aromatic carbocycles. The van der Waals surface area contributed by atoms with Crippen LogP contribution < -0.4 is 15.8 Å². The summed E-state index contributed by atoms with van der Waals surface area (Å²) in [5, 5.41) is 15.3. The van der Waals surface area contributed by atoms with E-state index in [1.165, 1.54) is 5.56 Å². The molecule has 1 rings (SSSR count). The standard InChI is InChI=1S/C15H25N3O2/c1-11(12-5-7-13(20-4)8-6-12)17-10-9-15(2,3)14(16)18-19/h5-8,11,17,19H,9-10H2,1-4H3,(H2,16,18). The van der Waals surface area contributed by atoms with Gasteiger partial charge in [0.25, 0.3) is 0 Å². The Balaban J connectivity index is 2.49. The van der Waals surface area contributed by atoms with Crippen molar-refractivity contribution in [1.29, 1.82) is 0 Å². The van der Waals surface area contributed by atoms with E-state index in [0.29, 0.717) is 0 Å². The Hall–Kier alpha value is -1.75. The Kier molecular flexibility index (Phi) is 5.82. The maximum Gasteiger partial charge on any atom is 0.144 e. The zero-order chi connectivity index (χ0) is 15.2. The van der Waals surface area contributed by atoms with E-state index in [9.17, 15) is 0 Å². The van der Waals surface area contributed by atoms with E-state index >= 15 is 0 Å². The van der Waals surface area contributed by atoms with Crippen molar-refractivity contribution >= 4 is 5.84 Å². The Morgan fingerprint density at radius 1 is 1.40 bits per heavy atom. The van der Waals surface area contributed by atoms with Crippen LogP contribution in [-0.2, 0) is 0 Å². The number of nitrogens with one attached hydrogen (secondary N) is 1. The summed E-state index contributed by atoms with van der Waals surface area (Å²) in [5.74, 6) is 1.12. The van der Waals surface area contributed by atoms with Crippen LogP contribution in [0.3, 0.4) is 0 Å². The summed E-state index contributed by atoms with van der Waals surface area (Å²) >= 11 is 0. The molecular formula is C15H25N3O2. The quantitative estimate of drug-likeness (QED) is 0.310. The summed E-state index contributed by atoms with van der Waals surface area (Å²) in [4.78, 5) is 0. The normalized spacial score (nSPS) is 14.1. The highest BCUT2D eigenvalue weighted by molar-refractivity contribution is 5.85. The average Bonchev–Trinajstić information content (AvgIpc) is 2.46. The molecule has 5 heteroatoms. The first-order valence-electron chi connectivity index (χ1n) is 6.76. The van der Waals surface area contributed by atoms with Gasteiger partial charge in [0.05, 0.1) is 7.11 Å². The number of benzene rings is 1. The summed E-state index contributed by atoms with van der Waals surface area (Å²) in [5.41, 5.74) is 6.55. The lowest BCUT2D eigenvalue weighted by molar-refractivity contribution is 0.304. The molecule has 0 bridgehead atoms. The molecular weight excluding hydrogens is 254 g/mol. The summed E-state index contributed by atoms with van der Waals surface area (Å²) in [6.07, 6.45) is 0.795. The van der Waals surface area contributed by atoms with Gasteiger partial charge in [0, 0.05) is 11.5 Å². The maximum atomic E-state index is 8.74. The van der Waals surface area contributed by atoms with E-state index in [0.717, 1.165) is 18.7 Å². The van der Waals surface area contributed by atoms with Crippen molar-refractivity contribution in [3.63, 3.8) is 0 Å². The van der Waals surface area contributed by atoms with Gasteiger partial charge >= 0.3 is 0 Å². The molecule has 0 aliphatic carbocycles. The van der Waals surface area contributed by atoms with Gasteiger partial charge in [-0.2, -0.15) is 0 Å². The van der Waals surface area contributed by atoms with E-state index in [2.05, 4.69) is 17.4 Å². The summed E-state index contributed by atoms with van der Waals surface area (Å²) in [7, 11) is 1.66. The molecule has 112 valence electrons. The lowest BCUT2D eigenvalue weighted by Crippen LogP contribution is -2.35. The molecule has 0 aromatic heterocycles. The van der Waals surface area contributed by atoms with Crippen molar-refractivity contribution in [1.82, 2.24) is 5.32 Å². The summed E-state index contributed by atoms with van der Waals surface area (Å²) in [6, 6.07) is 8.24. The number of methoxy groups -OCH3 is 1. The minimum absolute atomic E-state index is 0.240. The number of ether oxygens (including phenoxy) is 1. The van der Waals surface area contributed by atoms with Gasteiger partial charge in [0.15, 0.2) is 0 Å². The van der Waals surface area contributed by atoms with Gasteiger partial charge in [-0.1, -0.05) is 31.1 Å². The van der Waals surface area contributed by atoms with Crippen molar-refractivity contribution in [2.45, 2.75) is 33.2 Å². The van der Waals surface area contributed by atoms with Crippen LogP contribution in [0.5, 0.6) is 5.75 Å². The second-order valence-corrected chi connectivity index (χ2v) is 5.57. The fraction of sp³-hybridized carbons (Fsp3) is 0.533. The van der Waals surface area contributed by atoms with Crippen LogP contribution in [0.25, 0.3) is 0 Å². The first kappa shape index (κ1) is 16.3.